The number of hydrogen-bond donors (Lipinski definition) is 2. The van der Waals surface area contributed by atoms with Crippen LogP contribution in [0, 0.1) is 5.92 Å². The van der Waals surface area contributed by atoms with E-state index in [-0.39, 0.29) is 11.4 Å². The predicted octanol–water partition coefficient (Wildman–Crippen LogP) is 4.04. The molecule has 1 aromatic carbocycles. The summed E-state index contributed by atoms with van der Waals surface area (Å²) in [5.74, 6) is 0.826. The van der Waals surface area contributed by atoms with E-state index in [9.17, 15) is 14.4 Å². The van der Waals surface area contributed by atoms with Crippen molar-refractivity contribution in [2.75, 3.05) is 28.6 Å². The molecule has 0 aliphatic carbocycles. The SMILES string of the molecule is CC(=O)c1ccc(NC(=O)/C(C)=C\C(=O)Nc2ccc(N3CCC(C)CC3)nc2)cc1. The molecule has 162 valence electrons. The van der Waals surface area contributed by atoms with E-state index in [0.29, 0.717) is 16.9 Å². The van der Waals surface area contributed by atoms with Crippen molar-refractivity contribution >= 4 is 34.8 Å². The molecule has 2 N–H and O–H groups in total. The number of carbonyl (C=O) groups excluding carboxylic acids is 3. The molecule has 2 aromatic rings. The molecule has 3 rings (SSSR count). The Labute approximate surface area is 182 Å². The van der Waals surface area contributed by atoms with E-state index in [1.165, 1.54) is 13.0 Å². The van der Waals surface area contributed by atoms with Crippen molar-refractivity contribution in [1.82, 2.24) is 4.98 Å². The van der Waals surface area contributed by atoms with Crippen molar-refractivity contribution in [3.63, 3.8) is 0 Å². The minimum atomic E-state index is -0.402. The van der Waals surface area contributed by atoms with E-state index in [2.05, 4.69) is 27.4 Å². The molecule has 7 nitrogen and oxygen atoms in total. The Hall–Kier alpha value is -3.48. The highest BCUT2D eigenvalue weighted by molar-refractivity contribution is 6.10. The number of rotatable bonds is 6. The number of piperidine rings is 1. The Kier molecular flexibility index (Phi) is 7.18. The fraction of sp³-hybridized carbons (Fsp3) is 0.333. The zero-order chi connectivity index (χ0) is 22.4. The Morgan fingerprint density at radius 2 is 1.61 bits per heavy atom. The maximum absolute atomic E-state index is 12.3. The van der Waals surface area contributed by atoms with Crippen molar-refractivity contribution in [3.8, 4) is 0 Å². The van der Waals surface area contributed by atoms with Gasteiger partial charge in [0.1, 0.15) is 5.82 Å². The first kappa shape index (κ1) is 22.2. The Morgan fingerprint density at radius 1 is 0.968 bits per heavy atom. The largest absolute Gasteiger partial charge is 0.357 e. The lowest BCUT2D eigenvalue weighted by Crippen LogP contribution is -2.33. The van der Waals surface area contributed by atoms with Crippen molar-refractivity contribution in [3.05, 3.63) is 59.8 Å². The average Bonchev–Trinajstić information content (AvgIpc) is 2.75. The van der Waals surface area contributed by atoms with Crippen LogP contribution in [0.1, 0.15) is 44.0 Å². The number of amides is 2. The Morgan fingerprint density at radius 3 is 2.19 bits per heavy atom. The van der Waals surface area contributed by atoms with Gasteiger partial charge >= 0.3 is 0 Å². The molecule has 2 amide bonds. The van der Waals surface area contributed by atoms with Gasteiger partial charge in [0, 0.05) is 36.0 Å². The number of hydrogen-bond acceptors (Lipinski definition) is 5. The number of Topliss-reactive ketones (excluding diaryl/α,β-unsaturated/α-hetero) is 1. The number of ketones is 1. The van der Waals surface area contributed by atoms with Crippen molar-refractivity contribution in [1.29, 1.82) is 0 Å². The minimum absolute atomic E-state index is 0.0429. The van der Waals surface area contributed by atoms with E-state index in [1.54, 1.807) is 37.4 Å². The third kappa shape index (κ3) is 6.25. The van der Waals surface area contributed by atoms with Crippen LogP contribution in [-0.4, -0.2) is 35.7 Å². The molecule has 1 aliphatic rings. The Balaban J connectivity index is 1.54. The van der Waals surface area contributed by atoms with Crippen LogP contribution in [0.3, 0.4) is 0 Å². The number of carbonyl (C=O) groups is 3. The number of nitrogens with one attached hydrogen (secondary N) is 2. The normalized spacial score (nSPS) is 14.8. The van der Waals surface area contributed by atoms with Gasteiger partial charge in [-0.3, -0.25) is 14.4 Å². The zero-order valence-corrected chi connectivity index (χ0v) is 18.1. The van der Waals surface area contributed by atoms with Crippen molar-refractivity contribution in [2.45, 2.75) is 33.6 Å². The summed E-state index contributed by atoms with van der Waals surface area (Å²) < 4.78 is 0. The minimum Gasteiger partial charge on any atom is -0.357 e. The zero-order valence-electron chi connectivity index (χ0n) is 18.1. The van der Waals surface area contributed by atoms with Gasteiger partial charge in [0.25, 0.3) is 5.91 Å². The molecule has 31 heavy (non-hydrogen) atoms. The molecule has 2 heterocycles. The van der Waals surface area contributed by atoms with Crippen LogP contribution < -0.4 is 15.5 Å². The number of nitrogens with zero attached hydrogens (tertiary/aromatic N) is 2. The highest BCUT2D eigenvalue weighted by Crippen LogP contribution is 2.22. The average molecular weight is 421 g/mol. The smallest absolute Gasteiger partial charge is 0.251 e. The fourth-order valence-electron chi connectivity index (χ4n) is 3.34. The van der Waals surface area contributed by atoms with Crippen LogP contribution in [-0.2, 0) is 9.59 Å². The summed E-state index contributed by atoms with van der Waals surface area (Å²) in [6.07, 6.45) is 5.20. The van der Waals surface area contributed by atoms with E-state index in [0.717, 1.165) is 37.7 Å². The fourth-order valence-corrected chi connectivity index (χ4v) is 3.34. The van der Waals surface area contributed by atoms with Gasteiger partial charge in [-0.05, 0) is 69.0 Å². The number of aromatic nitrogens is 1. The van der Waals surface area contributed by atoms with Gasteiger partial charge in [-0.25, -0.2) is 4.98 Å². The second-order valence-corrected chi connectivity index (χ2v) is 7.98. The summed E-state index contributed by atoms with van der Waals surface area (Å²) in [6.45, 7) is 7.31. The number of benzene rings is 1. The monoisotopic (exact) mass is 420 g/mol. The molecule has 0 bridgehead atoms. The highest BCUT2D eigenvalue weighted by atomic mass is 16.2. The van der Waals surface area contributed by atoms with Crippen LogP contribution in [0.15, 0.2) is 54.2 Å². The van der Waals surface area contributed by atoms with Gasteiger partial charge in [0.2, 0.25) is 5.91 Å². The predicted molar refractivity (Wildman–Crippen MR) is 122 cm³/mol. The first-order valence-electron chi connectivity index (χ1n) is 10.4. The first-order valence-corrected chi connectivity index (χ1v) is 10.4. The molecule has 7 heteroatoms. The van der Waals surface area contributed by atoms with Crippen LogP contribution >= 0.6 is 0 Å². The molecule has 1 aromatic heterocycles. The maximum atomic E-state index is 12.3. The standard InChI is InChI=1S/C24H28N4O3/c1-16-10-12-28(13-11-16)22-9-8-21(15-25-22)26-23(30)14-17(2)24(31)27-20-6-4-19(5-7-20)18(3)29/h4-9,14-16H,10-13H2,1-3H3,(H,26,30)(H,27,31)/b17-14-. The number of anilines is 3. The van der Waals surface area contributed by atoms with Gasteiger partial charge < -0.3 is 15.5 Å². The molecule has 1 fully saturated rings. The van der Waals surface area contributed by atoms with E-state index < -0.39 is 11.8 Å². The van der Waals surface area contributed by atoms with Gasteiger partial charge in [-0.1, -0.05) is 6.92 Å². The molecule has 0 atom stereocenters. The van der Waals surface area contributed by atoms with Gasteiger partial charge in [0.15, 0.2) is 5.78 Å². The van der Waals surface area contributed by atoms with E-state index in [4.69, 9.17) is 0 Å². The van der Waals surface area contributed by atoms with Crippen molar-refractivity contribution < 1.29 is 14.4 Å². The maximum Gasteiger partial charge on any atom is 0.251 e. The molecule has 1 saturated heterocycles. The summed E-state index contributed by atoms with van der Waals surface area (Å²) in [5.41, 5.74) is 1.96. The van der Waals surface area contributed by atoms with Crippen LogP contribution in [0.5, 0.6) is 0 Å². The highest BCUT2D eigenvalue weighted by Gasteiger charge is 2.17. The quantitative estimate of drug-likeness (QED) is 0.544. The molecule has 0 unspecified atom stereocenters. The summed E-state index contributed by atoms with van der Waals surface area (Å²) >= 11 is 0. The van der Waals surface area contributed by atoms with Gasteiger partial charge in [0.05, 0.1) is 11.9 Å². The van der Waals surface area contributed by atoms with Crippen LogP contribution in [0.25, 0.3) is 0 Å². The summed E-state index contributed by atoms with van der Waals surface area (Å²) in [7, 11) is 0. The molecule has 0 saturated carbocycles. The van der Waals surface area contributed by atoms with Crippen LogP contribution in [0.2, 0.25) is 0 Å². The van der Waals surface area contributed by atoms with Gasteiger partial charge in [-0.2, -0.15) is 0 Å². The third-order valence-corrected chi connectivity index (χ3v) is 5.38. The second-order valence-electron chi connectivity index (χ2n) is 7.98. The van der Waals surface area contributed by atoms with E-state index >= 15 is 0 Å². The third-order valence-electron chi connectivity index (χ3n) is 5.38. The molecular formula is C24H28N4O3. The lowest BCUT2D eigenvalue weighted by Gasteiger charge is -2.31. The summed E-state index contributed by atoms with van der Waals surface area (Å²) in [6, 6.07) is 10.3. The topological polar surface area (TPSA) is 91.4 Å². The summed E-state index contributed by atoms with van der Waals surface area (Å²) in [4.78, 5) is 42.6. The second kappa shape index (κ2) is 10.0. The van der Waals surface area contributed by atoms with Gasteiger partial charge in [-0.15, -0.1) is 0 Å². The lowest BCUT2D eigenvalue weighted by atomic mass is 9.99. The number of pyridine rings is 1. The lowest BCUT2D eigenvalue weighted by molar-refractivity contribution is -0.114. The summed E-state index contributed by atoms with van der Waals surface area (Å²) in [5, 5.41) is 5.44. The molecule has 1 aliphatic heterocycles. The van der Waals surface area contributed by atoms with Crippen LogP contribution in [0.4, 0.5) is 17.2 Å². The molecular weight excluding hydrogens is 392 g/mol. The van der Waals surface area contributed by atoms with E-state index in [1.807, 2.05) is 12.1 Å². The van der Waals surface area contributed by atoms with Crippen molar-refractivity contribution in [2.24, 2.45) is 5.92 Å². The molecule has 0 radical (unpaired) electrons. The Bertz CT molecular complexity index is 973. The first-order chi connectivity index (χ1) is 14.8. The molecule has 0 spiro atoms.